The highest BCUT2D eigenvalue weighted by atomic mass is 16.6. The minimum absolute atomic E-state index is 0.260. The predicted octanol–water partition coefficient (Wildman–Crippen LogP) is -2.93. The summed E-state index contributed by atoms with van der Waals surface area (Å²) in [5.41, 5.74) is 0. The first-order valence-corrected chi connectivity index (χ1v) is 6.31. The van der Waals surface area contributed by atoms with E-state index in [9.17, 15) is 24.6 Å². The Morgan fingerprint density at radius 1 is 1.33 bits per heavy atom. The molecule has 3 amide bonds. The summed E-state index contributed by atoms with van der Waals surface area (Å²) >= 11 is 0. The standard InChI is InChI=1S/C11H16N2O8/c14-3-5-7(17)8(18)10(21-5)13-2-4(1-6(15)16)9(19)12-11(13)20/h4-5,7-8,10,14,17-18H,1-3H2,(H,15,16)(H,12,19,20)/t4?,5-,7-,8-,10-/m1/s1. The van der Waals surface area contributed by atoms with Crippen LogP contribution in [0, 0.1) is 5.92 Å². The fourth-order valence-corrected chi connectivity index (χ4v) is 2.41. The van der Waals surface area contributed by atoms with Crippen molar-refractivity contribution in [2.45, 2.75) is 31.0 Å². The molecular formula is C11H16N2O8. The average molecular weight is 304 g/mol. The first kappa shape index (κ1) is 15.6. The van der Waals surface area contributed by atoms with Gasteiger partial charge in [-0.1, -0.05) is 0 Å². The number of amides is 3. The maximum atomic E-state index is 11.8. The topological polar surface area (TPSA) is 157 Å². The molecule has 2 aliphatic rings. The Morgan fingerprint density at radius 3 is 2.52 bits per heavy atom. The maximum Gasteiger partial charge on any atom is 0.326 e. The number of hydrogen-bond donors (Lipinski definition) is 5. The number of carbonyl (C=O) groups is 3. The highest BCUT2D eigenvalue weighted by Gasteiger charge is 2.49. The molecule has 2 saturated heterocycles. The predicted molar refractivity (Wildman–Crippen MR) is 63.7 cm³/mol. The van der Waals surface area contributed by atoms with Crippen LogP contribution in [0.25, 0.3) is 0 Å². The molecule has 5 N–H and O–H groups in total. The van der Waals surface area contributed by atoms with Crippen molar-refractivity contribution in [3.05, 3.63) is 0 Å². The molecule has 0 saturated carbocycles. The molecule has 0 aromatic carbocycles. The monoisotopic (exact) mass is 304 g/mol. The van der Waals surface area contributed by atoms with Gasteiger partial charge in [-0.2, -0.15) is 0 Å². The zero-order chi connectivity index (χ0) is 15.7. The molecule has 2 rings (SSSR count). The summed E-state index contributed by atoms with van der Waals surface area (Å²) in [6.07, 6.45) is -5.66. The highest BCUT2D eigenvalue weighted by molar-refractivity contribution is 5.99. The van der Waals surface area contributed by atoms with Gasteiger partial charge in [0.25, 0.3) is 0 Å². The zero-order valence-electron chi connectivity index (χ0n) is 10.9. The largest absolute Gasteiger partial charge is 0.481 e. The third kappa shape index (κ3) is 2.97. The number of aliphatic hydroxyl groups excluding tert-OH is 3. The van der Waals surface area contributed by atoms with E-state index < -0.39 is 61.4 Å². The summed E-state index contributed by atoms with van der Waals surface area (Å²) in [5, 5.41) is 39.2. The van der Waals surface area contributed by atoms with E-state index in [2.05, 4.69) is 0 Å². The molecule has 0 spiro atoms. The number of ether oxygens (including phenoxy) is 1. The van der Waals surface area contributed by atoms with Gasteiger partial charge in [0.15, 0.2) is 6.23 Å². The summed E-state index contributed by atoms with van der Waals surface area (Å²) in [5.74, 6) is -2.91. The lowest BCUT2D eigenvalue weighted by atomic mass is 10.0. The quantitative estimate of drug-likeness (QED) is 0.369. The Kier molecular flexibility index (Phi) is 4.42. The summed E-state index contributed by atoms with van der Waals surface area (Å²) in [7, 11) is 0. The number of carboxylic acid groups (broad SMARTS) is 1. The number of nitrogens with one attached hydrogen (secondary N) is 1. The second-order valence-electron chi connectivity index (χ2n) is 4.97. The number of carboxylic acids is 1. The number of rotatable bonds is 4. The first-order chi connectivity index (χ1) is 9.85. The molecule has 1 unspecified atom stereocenters. The van der Waals surface area contributed by atoms with Gasteiger partial charge in [0.2, 0.25) is 5.91 Å². The molecule has 10 heteroatoms. The normalized spacial score (nSPS) is 36.7. The van der Waals surface area contributed by atoms with E-state index in [1.807, 2.05) is 5.32 Å². The van der Waals surface area contributed by atoms with Gasteiger partial charge in [0.1, 0.15) is 18.3 Å². The SMILES string of the molecule is O=C(O)CC1CN([C@@H]2O[C@H](CO)[C@@H](O)[C@H]2O)C(=O)NC1=O. The van der Waals surface area contributed by atoms with Gasteiger partial charge in [-0.3, -0.25) is 19.8 Å². The minimum Gasteiger partial charge on any atom is -0.481 e. The Hall–Kier alpha value is -1.75. The summed E-state index contributed by atoms with van der Waals surface area (Å²) in [4.78, 5) is 35.0. The highest BCUT2D eigenvalue weighted by Crippen LogP contribution is 2.26. The number of urea groups is 1. The molecule has 2 heterocycles. The number of hydrogen-bond acceptors (Lipinski definition) is 7. The van der Waals surface area contributed by atoms with Crippen LogP contribution in [0.4, 0.5) is 4.79 Å². The molecule has 0 aromatic rings. The van der Waals surface area contributed by atoms with Crippen molar-refractivity contribution in [3.63, 3.8) is 0 Å². The summed E-state index contributed by atoms with van der Waals surface area (Å²) in [6.45, 7) is -0.814. The van der Waals surface area contributed by atoms with Crippen LogP contribution in [0.5, 0.6) is 0 Å². The molecule has 0 radical (unpaired) electrons. The Labute approximate surface area is 118 Å². The molecule has 0 bridgehead atoms. The number of aliphatic carboxylic acids is 1. The lowest BCUT2D eigenvalue weighted by molar-refractivity contribution is -0.144. The number of nitrogens with zero attached hydrogens (tertiary/aromatic N) is 1. The maximum absolute atomic E-state index is 11.8. The van der Waals surface area contributed by atoms with E-state index in [4.69, 9.17) is 14.9 Å². The molecular weight excluding hydrogens is 288 g/mol. The fourth-order valence-electron chi connectivity index (χ4n) is 2.41. The molecule has 0 aliphatic carbocycles. The van der Waals surface area contributed by atoms with Gasteiger partial charge >= 0.3 is 12.0 Å². The van der Waals surface area contributed by atoms with Crippen LogP contribution in [-0.4, -0.2) is 80.9 Å². The van der Waals surface area contributed by atoms with Crippen LogP contribution in [0.2, 0.25) is 0 Å². The average Bonchev–Trinajstić information content (AvgIpc) is 2.69. The lowest BCUT2D eigenvalue weighted by Crippen LogP contribution is -2.60. The Morgan fingerprint density at radius 2 is 2.00 bits per heavy atom. The molecule has 118 valence electrons. The smallest absolute Gasteiger partial charge is 0.326 e. The van der Waals surface area contributed by atoms with E-state index in [0.29, 0.717) is 0 Å². The van der Waals surface area contributed by atoms with Gasteiger partial charge < -0.3 is 25.2 Å². The van der Waals surface area contributed by atoms with Gasteiger partial charge in [0, 0.05) is 6.54 Å². The third-order valence-corrected chi connectivity index (χ3v) is 3.52. The molecule has 5 atom stereocenters. The van der Waals surface area contributed by atoms with Crippen LogP contribution in [0.1, 0.15) is 6.42 Å². The second kappa shape index (κ2) is 5.93. The van der Waals surface area contributed by atoms with Crippen LogP contribution in [0.3, 0.4) is 0 Å². The van der Waals surface area contributed by atoms with E-state index in [1.165, 1.54) is 0 Å². The van der Waals surface area contributed by atoms with Crippen LogP contribution < -0.4 is 5.32 Å². The summed E-state index contributed by atoms with van der Waals surface area (Å²) < 4.78 is 5.19. The van der Waals surface area contributed by atoms with Crippen LogP contribution >= 0.6 is 0 Å². The van der Waals surface area contributed by atoms with Crippen LogP contribution in [0.15, 0.2) is 0 Å². The minimum atomic E-state index is -1.47. The fraction of sp³-hybridized carbons (Fsp3) is 0.727. The molecule has 0 aromatic heterocycles. The zero-order valence-corrected chi connectivity index (χ0v) is 10.9. The Bertz CT molecular complexity index is 456. The van der Waals surface area contributed by atoms with Gasteiger partial charge in [-0.15, -0.1) is 0 Å². The number of aliphatic hydroxyl groups is 3. The molecule has 2 fully saturated rings. The molecule has 10 nitrogen and oxygen atoms in total. The second-order valence-corrected chi connectivity index (χ2v) is 4.97. The molecule has 21 heavy (non-hydrogen) atoms. The van der Waals surface area contributed by atoms with Crippen molar-refractivity contribution in [1.29, 1.82) is 0 Å². The van der Waals surface area contributed by atoms with E-state index >= 15 is 0 Å². The van der Waals surface area contributed by atoms with Gasteiger partial charge in [0.05, 0.1) is 18.9 Å². The Balaban J connectivity index is 2.13. The van der Waals surface area contributed by atoms with Crippen molar-refractivity contribution in [2.24, 2.45) is 5.92 Å². The van der Waals surface area contributed by atoms with E-state index in [-0.39, 0.29) is 6.54 Å². The van der Waals surface area contributed by atoms with Crippen molar-refractivity contribution in [3.8, 4) is 0 Å². The van der Waals surface area contributed by atoms with Crippen molar-refractivity contribution in [1.82, 2.24) is 10.2 Å². The summed E-state index contributed by atoms with van der Waals surface area (Å²) in [6, 6.07) is -0.850. The third-order valence-electron chi connectivity index (χ3n) is 3.52. The number of imide groups is 1. The van der Waals surface area contributed by atoms with Crippen molar-refractivity contribution >= 4 is 17.9 Å². The van der Waals surface area contributed by atoms with Gasteiger partial charge in [-0.05, 0) is 0 Å². The number of carbonyl (C=O) groups excluding carboxylic acids is 2. The van der Waals surface area contributed by atoms with Crippen LogP contribution in [-0.2, 0) is 14.3 Å². The van der Waals surface area contributed by atoms with Crippen molar-refractivity contribution in [2.75, 3.05) is 13.2 Å². The van der Waals surface area contributed by atoms with E-state index in [1.54, 1.807) is 0 Å². The molecule has 2 aliphatic heterocycles. The lowest BCUT2D eigenvalue weighted by Gasteiger charge is -2.36. The van der Waals surface area contributed by atoms with E-state index in [0.717, 1.165) is 4.90 Å². The van der Waals surface area contributed by atoms with Gasteiger partial charge in [-0.25, -0.2) is 4.79 Å². The van der Waals surface area contributed by atoms with Crippen molar-refractivity contribution < 1.29 is 39.5 Å². The first-order valence-electron chi connectivity index (χ1n) is 6.31.